The molecule has 5 nitrogen and oxygen atoms in total. The van der Waals surface area contributed by atoms with Crippen molar-refractivity contribution in [2.75, 3.05) is 20.1 Å². The highest BCUT2D eigenvalue weighted by atomic mass is 32.2. The number of nitrogens with zero attached hydrogens (tertiary/aromatic N) is 1. The van der Waals surface area contributed by atoms with E-state index >= 15 is 0 Å². The van der Waals surface area contributed by atoms with Gasteiger partial charge in [-0.05, 0) is 57.4 Å². The average molecular weight is 338 g/mol. The molecule has 3 rings (SSSR count). The molecule has 1 atom stereocenters. The summed E-state index contributed by atoms with van der Waals surface area (Å²) >= 11 is 0. The van der Waals surface area contributed by atoms with Gasteiger partial charge in [0.2, 0.25) is 10.0 Å². The fourth-order valence-electron chi connectivity index (χ4n) is 3.64. The molecule has 2 aliphatic rings. The number of rotatable bonds is 4. The molecule has 1 fully saturated rings. The minimum Gasteiger partial charge on any atom is -0.371 e. The second-order valence-electron chi connectivity index (χ2n) is 7.12. The molecule has 1 aromatic rings. The molecule has 0 radical (unpaired) electrons. The van der Waals surface area contributed by atoms with Crippen LogP contribution in [0.1, 0.15) is 37.8 Å². The van der Waals surface area contributed by atoms with Gasteiger partial charge in [0.1, 0.15) is 0 Å². The Balaban J connectivity index is 1.74. The standard InChI is InChI=1S/C17H26N2O3S/c1-17(2)9-7-14(22-17)12-19-10-8-15-13(11-19)5-4-6-16(15)23(20,21)18-3/h4-6,14,18H,7-12H2,1-3H3. The first kappa shape index (κ1) is 16.9. The van der Waals surface area contributed by atoms with E-state index < -0.39 is 10.0 Å². The molecule has 0 amide bonds. The molecule has 0 spiro atoms. The van der Waals surface area contributed by atoms with Gasteiger partial charge < -0.3 is 4.74 Å². The highest BCUT2D eigenvalue weighted by molar-refractivity contribution is 7.89. The maximum atomic E-state index is 12.2. The quantitative estimate of drug-likeness (QED) is 0.911. The van der Waals surface area contributed by atoms with E-state index in [1.54, 1.807) is 6.07 Å². The Hall–Kier alpha value is -0.950. The Bertz CT molecular complexity index is 685. The van der Waals surface area contributed by atoms with Gasteiger partial charge in [-0.3, -0.25) is 4.90 Å². The van der Waals surface area contributed by atoms with Gasteiger partial charge in [-0.2, -0.15) is 0 Å². The Kier molecular flexibility index (Phi) is 4.53. The van der Waals surface area contributed by atoms with Gasteiger partial charge in [0.05, 0.1) is 16.6 Å². The Morgan fingerprint density at radius 2 is 2.17 bits per heavy atom. The SMILES string of the molecule is CNS(=O)(=O)c1cccc2c1CCN(CC1CCC(C)(C)O1)C2. The van der Waals surface area contributed by atoms with Crippen molar-refractivity contribution in [1.29, 1.82) is 0 Å². The topological polar surface area (TPSA) is 58.6 Å². The van der Waals surface area contributed by atoms with E-state index in [1.165, 1.54) is 7.05 Å². The largest absolute Gasteiger partial charge is 0.371 e. The zero-order valence-electron chi connectivity index (χ0n) is 14.1. The molecule has 1 N–H and O–H groups in total. The average Bonchev–Trinajstić information content (AvgIpc) is 2.85. The zero-order valence-corrected chi connectivity index (χ0v) is 14.9. The summed E-state index contributed by atoms with van der Waals surface area (Å²) < 4.78 is 32.8. The summed E-state index contributed by atoms with van der Waals surface area (Å²) in [5, 5.41) is 0. The molecular formula is C17H26N2O3S. The minimum absolute atomic E-state index is 0.00754. The smallest absolute Gasteiger partial charge is 0.240 e. The van der Waals surface area contributed by atoms with Crippen molar-refractivity contribution in [2.45, 2.75) is 56.3 Å². The predicted octanol–water partition coefficient (Wildman–Crippen LogP) is 1.91. The van der Waals surface area contributed by atoms with E-state index in [1.807, 2.05) is 12.1 Å². The van der Waals surface area contributed by atoms with Crippen LogP contribution in [-0.2, 0) is 27.7 Å². The van der Waals surface area contributed by atoms with E-state index in [4.69, 9.17) is 4.74 Å². The van der Waals surface area contributed by atoms with E-state index in [-0.39, 0.29) is 11.7 Å². The van der Waals surface area contributed by atoms with Crippen LogP contribution >= 0.6 is 0 Å². The first-order chi connectivity index (χ1) is 10.8. The Morgan fingerprint density at radius 3 is 2.83 bits per heavy atom. The molecule has 1 unspecified atom stereocenters. The molecule has 0 aromatic heterocycles. The van der Waals surface area contributed by atoms with Gasteiger partial charge in [-0.1, -0.05) is 12.1 Å². The van der Waals surface area contributed by atoms with E-state index in [2.05, 4.69) is 23.5 Å². The van der Waals surface area contributed by atoms with Gasteiger partial charge in [-0.25, -0.2) is 13.1 Å². The van der Waals surface area contributed by atoms with E-state index in [9.17, 15) is 8.42 Å². The van der Waals surface area contributed by atoms with Crippen molar-refractivity contribution in [3.8, 4) is 0 Å². The molecule has 128 valence electrons. The van der Waals surface area contributed by atoms with Crippen LogP contribution in [0.5, 0.6) is 0 Å². The first-order valence-corrected chi connectivity index (χ1v) is 9.73. The normalized spacial score (nSPS) is 24.6. The molecule has 0 aliphatic carbocycles. The van der Waals surface area contributed by atoms with Crippen molar-refractivity contribution in [3.05, 3.63) is 29.3 Å². The van der Waals surface area contributed by atoms with Gasteiger partial charge in [-0.15, -0.1) is 0 Å². The van der Waals surface area contributed by atoms with Crippen LogP contribution in [0.25, 0.3) is 0 Å². The zero-order chi connectivity index (χ0) is 16.7. The summed E-state index contributed by atoms with van der Waals surface area (Å²) in [6.07, 6.45) is 3.26. The molecular weight excluding hydrogens is 312 g/mol. The molecule has 23 heavy (non-hydrogen) atoms. The fourth-order valence-corrected chi connectivity index (χ4v) is 4.68. The van der Waals surface area contributed by atoms with Crippen molar-refractivity contribution in [2.24, 2.45) is 0 Å². The molecule has 1 saturated heterocycles. The van der Waals surface area contributed by atoms with E-state index in [0.717, 1.165) is 50.0 Å². The number of fused-ring (bicyclic) bond motifs is 1. The summed E-state index contributed by atoms with van der Waals surface area (Å²) in [6.45, 7) is 6.89. The van der Waals surface area contributed by atoms with Gasteiger partial charge >= 0.3 is 0 Å². The van der Waals surface area contributed by atoms with Crippen molar-refractivity contribution in [1.82, 2.24) is 9.62 Å². The summed E-state index contributed by atoms with van der Waals surface area (Å²) in [7, 11) is -1.93. The number of hydrogen-bond donors (Lipinski definition) is 1. The van der Waals surface area contributed by atoms with Gasteiger partial charge in [0.25, 0.3) is 0 Å². The summed E-state index contributed by atoms with van der Waals surface area (Å²) in [6, 6.07) is 5.57. The predicted molar refractivity (Wildman–Crippen MR) is 89.9 cm³/mol. The lowest BCUT2D eigenvalue weighted by molar-refractivity contribution is -0.0301. The Labute approximate surface area is 139 Å². The minimum atomic E-state index is -3.39. The van der Waals surface area contributed by atoms with Crippen LogP contribution in [0, 0.1) is 0 Å². The molecule has 2 heterocycles. The number of ether oxygens (including phenoxy) is 1. The first-order valence-electron chi connectivity index (χ1n) is 8.25. The number of hydrogen-bond acceptors (Lipinski definition) is 4. The van der Waals surface area contributed by atoms with Crippen molar-refractivity contribution < 1.29 is 13.2 Å². The number of benzene rings is 1. The van der Waals surface area contributed by atoms with Gasteiger partial charge in [0.15, 0.2) is 0 Å². The molecule has 0 saturated carbocycles. The lowest BCUT2D eigenvalue weighted by Gasteiger charge is -2.32. The number of sulfonamides is 1. The summed E-state index contributed by atoms with van der Waals surface area (Å²) in [5.74, 6) is 0. The van der Waals surface area contributed by atoms with Crippen molar-refractivity contribution >= 4 is 10.0 Å². The van der Waals surface area contributed by atoms with Crippen molar-refractivity contribution in [3.63, 3.8) is 0 Å². The maximum absolute atomic E-state index is 12.2. The van der Waals surface area contributed by atoms with Crippen LogP contribution in [0.4, 0.5) is 0 Å². The van der Waals surface area contributed by atoms with E-state index in [0.29, 0.717) is 4.90 Å². The lowest BCUT2D eigenvalue weighted by atomic mass is 9.99. The molecule has 2 aliphatic heterocycles. The van der Waals surface area contributed by atoms with Crippen LogP contribution in [0.15, 0.2) is 23.1 Å². The monoisotopic (exact) mass is 338 g/mol. The molecule has 1 aromatic carbocycles. The van der Waals surface area contributed by atoms with Crippen LogP contribution in [-0.4, -0.2) is 45.2 Å². The summed E-state index contributed by atoms with van der Waals surface area (Å²) in [5.41, 5.74) is 2.07. The number of nitrogens with one attached hydrogen (secondary N) is 1. The molecule has 6 heteroatoms. The molecule has 0 bridgehead atoms. The highest BCUT2D eigenvalue weighted by Crippen LogP contribution is 2.31. The summed E-state index contributed by atoms with van der Waals surface area (Å²) in [4.78, 5) is 2.81. The van der Waals surface area contributed by atoms with Gasteiger partial charge in [0, 0.05) is 19.6 Å². The van der Waals surface area contributed by atoms with Crippen LogP contribution in [0.3, 0.4) is 0 Å². The maximum Gasteiger partial charge on any atom is 0.240 e. The third-order valence-electron chi connectivity index (χ3n) is 4.88. The highest BCUT2D eigenvalue weighted by Gasteiger charge is 2.33. The van der Waals surface area contributed by atoms with Crippen LogP contribution < -0.4 is 4.72 Å². The lowest BCUT2D eigenvalue weighted by Crippen LogP contribution is -2.38. The fraction of sp³-hybridized carbons (Fsp3) is 0.647. The third-order valence-corrected chi connectivity index (χ3v) is 6.38. The Morgan fingerprint density at radius 1 is 1.39 bits per heavy atom. The third kappa shape index (κ3) is 3.60. The second-order valence-corrected chi connectivity index (χ2v) is 8.98. The van der Waals surface area contributed by atoms with Crippen LogP contribution in [0.2, 0.25) is 0 Å². The second kappa shape index (κ2) is 6.16.